The third-order valence-corrected chi connectivity index (χ3v) is 4.25. The van der Waals surface area contributed by atoms with Gasteiger partial charge in [0.1, 0.15) is 18.4 Å². The molecule has 0 fully saturated rings. The van der Waals surface area contributed by atoms with Gasteiger partial charge in [0, 0.05) is 17.5 Å². The van der Waals surface area contributed by atoms with E-state index in [1.165, 1.54) is 0 Å². The van der Waals surface area contributed by atoms with Gasteiger partial charge in [-0.1, -0.05) is 71.9 Å². The fourth-order valence-corrected chi connectivity index (χ4v) is 2.96. The Kier molecular flexibility index (Phi) is 6.17. The van der Waals surface area contributed by atoms with E-state index < -0.39 is 12.0 Å². The van der Waals surface area contributed by atoms with E-state index in [1.807, 2.05) is 66.7 Å². The van der Waals surface area contributed by atoms with Crippen LogP contribution in [0.2, 0.25) is 0 Å². The van der Waals surface area contributed by atoms with Crippen LogP contribution < -0.4 is 5.32 Å². The Balaban J connectivity index is 1.70. The lowest BCUT2D eigenvalue weighted by Crippen LogP contribution is -2.41. The molecule has 1 heterocycles. The summed E-state index contributed by atoms with van der Waals surface area (Å²) in [5, 5.41) is 16.6. The SMILES string of the molecule is O=C(O)C1NCCC=C1CCON=C(c1ccccc1)c1ccccc1. The number of hydrogen-bond donors (Lipinski definition) is 2. The van der Waals surface area contributed by atoms with Gasteiger partial charge in [-0.3, -0.25) is 4.79 Å². The van der Waals surface area contributed by atoms with Crippen molar-refractivity contribution in [2.24, 2.45) is 5.16 Å². The number of nitrogens with one attached hydrogen (secondary N) is 1. The molecule has 2 aromatic rings. The number of carbonyl (C=O) groups is 1. The van der Waals surface area contributed by atoms with E-state index in [4.69, 9.17) is 4.84 Å². The minimum atomic E-state index is -0.853. The lowest BCUT2D eigenvalue weighted by Gasteiger charge is -2.21. The van der Waals surface area contributed by atoms with Gasteiger partial charge in [0.2, 0.25) is 0 Å². The number of carboxylic acid groups (broad SMARTS) is 1. The maximum atomic E-state index is 11.3. The molecule has 0 spiro atoms. The largest absolute Gasteiger partial charge is 0.480 e. The van der Waals surface area contributed by atoms with E-state index in [1.54, 1.807) is 0 Å². The predicted octanol–water partition coefficient (Wildman–Crippen LogP) is 3.22. The molecule has 3 rings (SSSR count). The second-order valence-corrected chi connectivity index (χ2v) is 6.05. The standard InChI is InChI=1S/C21H22N2O3/c24-21(25)20-18(12-7-14-22-20)13-15-26-23-19(16-8-3-1-4-9-16)17-10-5-2-6-11-17/h1-6,8-12,20,22H,7,13-15H2,(H,24,25). The molecule has 5 heteroatoms. The minimum absolute atomic E-state index is 0.334. The van der Waals surface area contributed by atoms with Crippen LogP contribution in [0.3, 0.4) is 0 Å². The lowest BCUT2D eigenvalue weighted by molar-refractivity contribution is -0.138. The summed E-state index contributed by atoms with van der Waals surface area (Å²) < 4.78 is 0. The Labute approximate surface area is 153 Å². The third-order valence-electron chi connectivity index (χ3n) is 4.25. The summed E-state index contributed by atoms with van der Waals surface area (Å²) in [6.45, 7) is 1.02. The molecule has 5 nitrogen and oxygen atoms in total. The molecular formula is C21H22N2O3. The number of carboxylic acids is 1. The zero-order valence-corrected chi connectivity index (χ0v) is 14.5. The van der Waals surface area contributed by atoms with E-state index in [0.717, 1.165) is 28.8 Å². The Morgan fingerprint density at radius 2 is 1.69 bits per heavy atom. The number of nitrogens with zero attached hydrogens (tertiary/aromatic N) is 1. The van der Waals surface area contributed by atoms with Crippen LogP contribution in [0, 0.1) is 0 Å². The molecule has 0 aliphatic carbocycles. The van der Waals surface area contributed by atoms with Gasteiger partial charge in [-0.2, -0.15) is 0 Å². The van der Waals surface area contributed by atoms with Gasteiger partial charge in [0.25, 0.3) is 0 Å². The van der Waals surface area contributed by atoms with Crippen LogP contribution in [0.1, 0.15) is 24.0 Å². The van der Waals surface area contributed by atoms with Crippen molar-refractivity contribution in [3.05, 3.63) is 83.4 Å². The molecule has 0 saturated heterocycles. The molecule has 1 unspecified atom stereocenters. The normalized spacial score (nSPS) is 16.5. The molecule has 1 aliphatic heterocycles. The van der Waals surface area contributed by atoms with Crippen molar-refractivity contribution < 1.29 is 14.7 Å². The molecule has 2 N–H and O–H groups in total. The number of aliphatic carboxylic acids is 1. The first kappa shape index (κ1) is 17.9. The first-order chi connectivity index (χ1) is 12.8. The molecule has 0 amide bonds. The molecule has 0 radical (unpaired) electrons. The van der Waals surface area contributed by atoms with Crippen molar-refractivity contribution in [3.63, 3.8) is 0 Å². The van der Waals surface area contributed by atoms with Gasteiger partial charge in [0.15, 0.2) is 0 Å². The summed E-state index contributed by atoms with van der Waals surface area (Å²) in [7, 11) is 0. The zero-order chi connectivity index (χ0) is 18.2. The predicted molar refractivity (Wildman–Crippen MR) is 101 cm³/mol. The summed E-state index contributed by atoms with van der Waals surface area (Å²) in [5.41, 5.74) is 3.55. The zero-order valence-electron chi connectivity index (χ0n) is 14.5. The number of hydrogen-bond acceptors (Lipinski definition) is 4. The highest BCUT2D eigenvalue weighted by molar-refractivity contribution is 6.12. The Bertz CT molecular complexity index is 744. The molecule has 2 aromatic carbocycles. The second-order valence-electron chi connectivity index (χ2n) is 6.05. The Morgan fingerprint density at radius 3 is 2.27 bits per heavy atom. The fraction of sp³-hybridized carbons (Fsp3) is 0.238. The monoisotopic (exact) mass is 350 g/mol. The van der Waals surface area contributed by atoms with Crippen molar-refractivity contribution in [1.29, 1.82) is 0 Å². The smallest absolute Gasteiger partial charge is 0.325 e. The van der Waals surface area contributed by atoms with Crippen molar-refractivity contribution in [2.45, 2.75) is 18.9 Å². The topological polar surface area (TPSA) is 70.9 Å². The average molecular weight is 350 g/mol. The molecule has 0 saturated carbocycles. The van der Waals surface area contributed by atoms with Gasteiger partial charge in [-0.05, 0) is 18.5 Å². The van der Waals surface area contributed by atoms with Gasteiger partial charge < -0.3 is 15.3 Å². The van der Waals surface area contributed by atoms with Gasteiger partial charge in [-0.15, -0.1) is 0 Å². The maximum absolute atomic E-state index is 11.3. The van der Waals surface area contributed by atoms with E-state index >= 15 is 0 Å². The summed E-state index contributed by atoms with van der Waals surface area (Å²) in [4.78, 5) is 16.9. The average Bonchev–Trinajstić information content (AvgIpc) is 2.69. The number of oxime groups is 1. The highest BCUT2D eigenvalue weighted by Gasteiger charge is 2.23. The van der Waals surface area contributed by atoms with Crippen molar-refractivity contribution in [1.82, 2.24) is 5.32 Å². The van der Waals surface area contributed by atoms with Crippen LogP contribution in [0.15, 0.2) is 77.5 Å². The van der Waals surface area contributed by atoms with Crippen LogP contribution in [-0.4, -0.2) is 36.0 Å². The van der Waals surface area contributed by atoms with Crippen molar-refractivity contribution in [2.75, 3.05) is 13.2 Å². The molecule has 0 aromatic heterocycles. The summed E-state index contributed by atoms with van der Waals surface area (Å²) >= 11 is 0. The lowest BCUT2D eigenvalue weighted by atomic mass is 9.99. The first-order valence-electron chi connectivity index (χ1n) is 8.71. The van der Waals surface area contributed by atoms with Crippen molar-refractivity contribution >= 4 is 11.7 Å². The maximum Gasteiger partial charge on any atom is 0.325 e. The highest BCUT2D eigenvalue weighted by atomic mass is 16.6. The molecular weight excluding hydrogens is 328 g/mol. The Morgan fingerprint density at radius 1 is 1.08 bits per heavy atom. The first-order valence-corrected chi connectivity index (χ1v) is 8.71. The highest BCUT2D eigenvalue weighted by Crippen LogP contribution is 2.15. The molecule has 1 aliphatic rings. The summed E-state index contributed by atoms with van der Waals surface area (Å²) in [6, 6.07) is 19.1. The molecule has 26 heavy (non-hydrogen) atoms. The van der Waals surface area contributed by atoms with E-state index in [0.29, 0.717) is 19.6 Å². The quantitative estimate of drug-likeness (QED) is 0.348. The minimum Gasteiger partial charge on any atom is -0.480 e. The van der Waals surface area contributed by atoms with Gasteiger partial charge in [0.05, 0.1) is 0 Å². The second kappa shape index (κ2) is 8.97. The van der Waals surface area contributed by atoms with Crippen LogP contribution in [-0.2, 0) is 9.63 Å². The van der Waals surface area contributed by atoms with Crippen LogP contribution in [0.5, 0.6) is 0 Å². The third kappa shape index (κ3) is 4.58. The van der Waals surface area contributed by atoms with Crippen molar-refractivity contribution in [3.8, 4) is 0 Å². The van der Waals surface area contributed by atoms with E-state index in [-0.39, 0.29) is 0 Å². The van der Waals surface area contributed by atoms with Gasteiger partial charge in [-0.25, -0.2) is 0 Å². The molecule has 0 bridgehead atoms. The summed E-state index contributed by atoms with van der Waals surface area (Å²) in [5.74, 6) is -0.853. The van der Waals surface area contributed by atoms with E-state index in [2.05, 4.69) is 10.5 Å². The van der Waals surface area contributed by atoms with Crippen LogP contribution >= 0.6 is 0 Å². The number of benzene rings is 2. The fourth-order valence-electron chi connectivity index (χ4n) is 2.96. The summed E-state index contributed by atoms with van der Waals surface area (Å²) in [6.07, 6.45) is 3.35. The van der Waals surface area contributed by atoms with E-state index in [9.17, 15) is 9.90 Å². The molecule has 1 atom stereocenters. The van der Waals surface area contributed by atoms with Gasteiger partial charge >= 0.3 is 5.97 Å². The van der Waals surface area contributed by atoms with Crippen LogP contribution in [0.25, 0.3) is 0 Å². The number of rotatable bonds is 7. The Hall–Kier alpha value is -2.92. The molecule has 134 valence electrons. The van der Waals surface area contributed by atoms with Crippen LogP contribution in [0.4, 0.5) is 0 Å².